The maximum atomic E-state index is 14.0. The molecular formula is C112H121Br2ClN20O8. The van der Waals surface area contributed by atoms with Crippen molar-refractivity contribution in [3.05, 3.63) is 308 Å². The summed E-state index contributed by atoms with van der Waals surface area (Å²) in [5, 5.41) is 4.03. The fraction of sp³-hybridized carbons (Fsp3) is 0.366. The molecule has 22 rings (SSSR count). The zero-order chi connectivity index (χ0) is 100. The summed E-state index contributed by atoms with van der Waals surface area (Å²) < 4.78 is 1.87. The fourth-order valence-electron chi connectivity index (χ4n) is 22.0. The topological polar surface area (TPSA) is 389 Å². The van der Waals surface area contributed by atoms with E-state index in [2.05, 4.69) is 69.3 Å². The van der Waals surface area contributed by atoms with E-state index in [1.807, 2.05) is 245 Å². The lowest BCUT2D eigenvalue weighted by Crippen LogP contribution is -2.49. The largest absolute Gasteiger partial charge is 0.387 e. The number of piperidine rings is 4. The van der Waals surface area contributed by atoms with Crippen LogP contribution in [0.3, 0.4) is 0 Å². The van der Waals surface area contributed by atoms with Crippen molar-refractivity contribution in [1.82, 2.24) is 49.6 Å². The van der Waals surface area contributed by atoms with Gasteiger partial charge in [0.1, 0.15) is 11.4 Å². The smallest absolute Gasteiger partial charge is 0.266 e. The van der Waals surface area contributed by atoms with Crippen LogP contribution in [0.25, 0.3) is 33.5 Å². The number of Topliss-reactive ketones (excluding diaryl/α,β-unsaturated/α-hetero) is 1. The highest BCUT2D eigenvalue weighted by Crippen LogP contribution is 2.56. The molecule has 31 heteroatoms. The summed E-state index contributed by atoms with van der Waals surface area (Å²) in [7, 11) is 1.69. The Balaban J connectivity index is 0.000000119. The number of rotatable bonds is 20. The number of pyridine rings is 2. The third kappa shape index (κ3) is 20.6. The van der Waals surface area contributed by atoms with Crippen LogP contribution in [0.2, 0.25) is 5.02 Å². The normalized spacial score (nSPS) is 22.7. The Hall–Kier alpha value is -13.4. The number of nitrogens with one attached hydrogen (secondary N) is 1. The lowest BCUT2D eigenvalue weighted by Gasteiger charge is -2.36. The average molecular weight is 2070 g/mol. The van der Waals surface area contributed by atoms with Gasteiger partial charge in [-0.2, -0.15) is 0 Å². The Kier molecular flexibility index (Phi) is 29.7. The van der Waals surface area contributed by atoms with Crippen LogP contribution in [-0.4, -0.2) is 200 Å². The van der Waals surface area contributed by atoms with Gasteiger partial charge < -0.3 is 48.7 Å². The lowest BCUT2D eigenvalue weighted by atomic mass is 9.81. The van der Waals surface area contributed by atoms with Gasteiger partial charge in [0.05, 0.1) is 12.1 Å². The molecule has 3 saturated carbocycles. The van der Waals surface area contributed by atoms with Crippen molar-refractivity contribution in [3.8, 4) is 33.5 Å². The van der Waals surface area contributed by atoms with Gasteiger partial charge in [0.2, 0.25) is 17.7 Å². The number of halogens is 3. The molecule has 10 aromatic rings. The molecule has 28 nitrogen and oxygen atoms in total. The number of nitrogens with zero attached hydrogens (tertiary/aromatic N) is 14. The van der Waals surface area contributed by atoms with Gasteiger partial charge in [0.25, 0.3) is 23.6 Å². The maximum absolute atomic E-state index is 14.0. The molecule has 9 aliphatic heterocycles. The highest BCUT2D eigenvalue weighted by molar-refractivity contribution is 9.10. The van der Waals surface area contributed by atoms with Crippen molar-refractivity contribution >= 4 is 120 Å². The molecule has 12 aliphatic rings. The van der Waals surface area contributed by atoms with E-state index in [0.717, 1.165) is 217 Å². The van der Waals surface area contributed by atoms with E-state index in [-0.39, 0.29) is 101 Å². The van der Waals surface area contributed by atoms with Crippen LogP contribution in [0.15, 0.2) is 289 Å². The van der Waals surface area contributed by atoms with Crippen molar-refractivity contribution in [1.29, 1.82) is 0 Å². The van der Waals surface area contributed by atoms with E-state index in [4.69, 9.17) is 55.2 Å². The van der Waals surface area contributed by atoms with Crippen LogP contribution < -0.4 is 34.0 Å². The summed E-state index contributed by atoms with van der Waals surface area (Å²) in [6, 6.07) is 76.2. The third-order valence-corrected chi connectivity index (χ3v) is 31.2. The van der Waals surface area contributed by atoms with Crippen LogP contribution in [0.1, 0.15) is 149 Å². The minimum Gasteiger partial charge on any atom is -0.387 e. The number of likely N-dealkylation sites (tertiary alicyclic amines) is 3. The molecule has 11 heterocycles. The first kappa shape index (κ1) is 99.7. The number of aromatic nitrogens is 2. The molecule has 4 saturated heterocycles. The van der Waals surface area contributed by atoms with Crippen LogP contribution in [0, 0.1) is 41.4 Å². The molecule has 143 heavy (non-hydrogen) atoms. The minimum absolute atomic E-state index is 0.0129. The predicted molar refractivity (Wildman–Crippen MR) is 563 cm³/mol. The van der Waals surface area contributed by atoms with Gasteiger partial charge in [0, 0.05) is 129 Å². The summed E-state index contributed by atoms with van der Waals surface area (Å²) >= 11 is 13.1. The first-order chi connectivity index (χ1) is 69.1. The van der Waals surface area contributed by atoms with Crippen molar-refractivity contribution < 1.29 is 38.4 Å². The molecule has 1 unspecified atom stereocenters. The molecule has 7 fully saturated rings. The first-order valence-electron chi connectivity index (χ1n) is 49.7. The van der Waals surface area contributed by atoms with Crippen LogP contribution in [-0.2, 0) is 66.1 Å². The van der Waals surface area contributed by atoms with Gasteiger partial charge in [-0.3, -0.25) is 72.9 Å². The quantitative estimate of drug-likeness (QED) is 0.0413. The second-order valence-electron chi connectivity index (χ2n) is 39.4. The van der Waals surface area contributed by atoms with E-state index < -0.39 is 27.7 Å². The van der Waals surface area contributed by atoms with E-state index >= 15 is 0 Å². The molecule has 3 aliphatic carbocycles. The van der Waals surface area contributed by atoms with Gasteiger partial charge in [-0.1, -0.05) is 216 Å². The molecule has 11 N–H and O–H groups in total. The summed E-state index contributed by atoms with van der Waals surface area (Å²) in [6.45, 7) is 11.0. The number of carbonyl (C=O) groups is 8. The van der Waals surface area contributed by atoms with Gasteiger partial charge >= 0.3 is 0 Å². The number of benzene rings is 8. The molecule has 2 aromatic heterocycles. The summed E-state index contributed by atoms with van der Waals surface area (Å²) in [6.07, 6.45) is 18.8. The Morgan fingerprint density at radius 3 is 1.29 bits per heavy atom. The number of ketones is 1. The average Bonchev–Trinajstić information content (AvgIpc) is 1.56. The van der Waals surface area contributed by atoms with Crippen molar-refractivity contribution in [3.63, 3.8) is 0 Å². The zero-order valence-electron chi connectivity index (χ0n) is 80.7. The van der Waals surface area contributed by atoms with Crippen molar-refractivity contribution in [2.75, 3.05) is 79.0 Å². The second kappa shape index (κ2) is 42.6. The Bertz CT molecular complexity index is 6520. The molecule has 0 radical (unpaired) electrons. The van der Waals surface area contributed by atoms with E-state index in [1.165, 1.54) is 4.90 Å². The highest BCUT2D eigenvalue weighted by Gasteiger charge is 2.61. The predicted octanol–water partition coefficient (Wildman–Crippen LogP) is 15.0. The number of hydrogen-bond acceptors (Lipinski definition) is 21. The number of aliphatic imine (C=N–C) groups is 5. The third-order valence-electron chi connectivity index (χ3n) is 30.1. The molecule has 8 aromatic carbocycles. The van der Waals surface area contributed by atoms with Crippen molar-refractivity contribution in [2.45, 2.75) is 138 Å². The fourth-order valence-corrected chi connectivity index (χ4v) is 22.9. The van der Waals surface area contributed by atoms with E-state index in [0.29, 0.717) is 54.8 Å². The Morgan fingerprint density at radius 1 is 0.399 bits per heavy atom. The van der Waals surface area contributed by atoms with Gasteiger partial charge in [0.15, 0.2) is 51.8 Å². The standard InChI is InChI=1S/C27H33N5O2.C25H28BrN5O2.C23H26N4O2.C19H17ClN2O.C18H17BrN4O/c28-26-30-27(22-7-3-1-4-8-22,23-9-5-2-6-10-23)25(34)32(26)19-20-13-17-31(18-14-20)24(33)21-11-15-29-16-12-21;1-16(32)30-9-7-17(8-10-30)15-31-23(33)25(20-5-6-20,29-24(31)27)21-4-2-3-18(11-21)19-12-22(26)14-28-13-19;1-17(28)26-14-8-9-18(15-26)16-27-21(29)23(25-22(27)24,19-10-4-2-5-11-19)20-12-6-3-7-13-20;20-16-6-2-4-13(10-16)12-3-1-5-15(9-12)19(14-7-8-14)17(23)11-18(21)22-19;1-23-16(24)18(12-5-6-12,22-17(23)20)13-4-2-3-11(9-13)15-10-14(19)7-8-21-15/h1-10,20-21,29H,11-19H2,(H2,28,30);2-4,11-14,17,20H,5-10,15H2,1H3,(H2,27,29);2-7,10-13,18H,8-9,14-16H2,1H3,(H2,24,25);1-6,9-10,14H,7-8,11H2,(H2,21,22);2-4,7-10,12H,5-6H2,1H3,(H2,20,22)/t;25-;18-;;18-/m.10.1/s1. The van der Waals surface area contributed by atoms with Crippen LogP contribution in [0.5, 0.6) is 0 Å². The summed E-state index contributed by atoms with van der Waals surface area (Å²) in [5.74, 6) is 3.50. The molecule has 0 bridgehead atoms. The zero-order valence-corrected chi connectivity index (χ0v) is 84.7. The first-order valence-corrected chi connectivity index (χ1v) is 51.6. The maximum Gasteiger partial charge on any atom is 0.266 e. The van der Waals surface area contributed by atoms with Gasteiger partial charge in [-0.05, 0) is 259 Å². The van der Waals surface area contributed by atoms with Crippen molar-refractivity contribution in [2.24, 2.45) is 95.1 Å². The Morgan fingerprint density at radius 2 is 0.825 bits per heavy atom. The minimum atomic E-state index is -1.17. The highest BCUT2D eigenvalue weighted by atomic mass is 79.9. The van der Waals surface area contributed by atoms with Crippen LogP contribution in [0.4, 0.5) is 0 Å². The van der Waals surface area contributed by atoms with Gasteiger partial charge in [-0.15, -0.1) is 0 Å². The number of carbonyl (C=O) groups excluding carboxylic acids is 8. The molecule has 0 spiro atoms. The molecule has 7 amide bonds. The van der Waals surface area contributed by atoms with E-state index in [9.17, 15) is 38.4 Å². The summed E-state index contributed by atoms with van der Waals surface area (Å²) in [5.41, 5.74) is 37.9. The number of hydrogen-bond donors (Lipinski definition) is 6. The Labute approximate surface area is 855 Å². The van der Waals surface area contributed by atoms with Crippen LogP contribution >= 0.6 is 43.5 Å². The SMILES string of the molecule is CC(=O)N1CCC(CN2C(=O)[C@](c3cccc(-c4cncc(Br)c4)c3)(C3CC3)N=C2N)CC1.CC(=O)N1CCC[C@H](CN2C(=O)C(c3ccccc3)(c3ccccc3)N=C2N)C1.CN1C(=O)[C@](c2cccc(-c3cc(Br)ccn3)c2)(C2CC2)N=C1N.NC1=NC(c2cccc(-c3cccc(Cl)c3)c2)(C2CC2)C(=O)C1.NC1=NC(c2ccccc2)(c2ccccc2)C(=O)N1CC1CCN(C(=O)C2CCNCC2)CC1. The number of guanidine groups is 4. The number of nitrogens with two attached hydrogens (primary N) is 5. The number of amides is 7. The second-order valence-corrected chi connectivity index (χ2v) is 41.7. The summed E-state index contributed by atoms with van der Waals surface area (Å²) in [4.78, 5) is 148. The van der Waals surface area contributed by atoms with Gasteiger partial charge in [-0.25, -0.2) is 20.0 Å². The monoisotopic (exact) mass is 2070 g/mol. The lowest BCUT2D eigenvalue weighted by molar-refractivity contribution is -0.138. The molecular weight excluding hydrogens is 1950 g/mol. The number of amidine groups is 1. The number of likely N-dealkylation sites (N-methyl/N-ethyl adjacent to an activating group) is 1. The molecule has 738 valence electrons. The molecule has 4 atom stereocenters. The van der Waals surface area contributed by atoms with E-state index in [1.54, 1.807) is 48.0 Å².